The molecule has 0 spiro atoms. The van der Waals surface area contributed by atoms with Crippen LogP contribution in [0.5, 0.6) is 5.75 Å². The molecule has 0 atom stereocenters. The van der Waals surface area contributed by atoms with Crippen LogP contribution in [0.15, 0.2) is 24.3 Å². The van der Waals surface area contributed by atoms with Crippen molar-refractivity contribution in [3.05, 3.63) is 29.8 Å². The zero-order valence-corrected chi connectivity index (χ0v) is 14.8. The van der Waals surface area contributed by atoms with Gasteiger partial charge in [0.25, 0.3) is 0 Å². The normalized spacial score (nSPS) is 20.6. The van der Waals surface area contributed by atoms with E-state index in [0.29, 0.717) is 12.6 Å². The maximum absolute atomic E-state index is 11.6. The summed E-state index contributed by atoms with van der Waals surface area (Å²) in [6, 6.07) is 8.67. The minimum Gasteiger partial charge on any atom is -0.493 e. The van der Waals surface area contributed by atoms with Gasteiger partial charge in [-0.15, -0.1) is 0 Å². The van der Waals surface area contributed by atoms with E-state index in [1.54, 1.807) is 7.11 Å². The third-order valence-corrected chi connectivity index (χ3v) is 4.52. The molecule has 1 saturated carbocycles. The summed E-state index contributed by atoms with van der Waals surface area (Å²) in [5, 5.41) is 3.59. The van der Waals surface area contributed by atoms with Gasteiger partial charge in [-0.1, -0.05) is 12.1 Å². The lowest BCUT2D eigenvalue weighted by atomic mass is 9.86. The lowest BCUT2D eigenvalue weighted by Gasteiger charge is -2.27. The molecule has 5 nitrogen and oxygen atoms in total. The van der Waals surface area contributed by atoms with E-state index < -0.39 is 0 Å². The largest absolute Gasteiger partial charge is 0.493 e. The summed E-state index contributed by atoms with van der Waals surface area (Å²) in [4.78, 5) is 11.6. The molecule has 1 fully saturated rings. The Kier molecular flexibility index (Phi) is 8.05. The Morgan fingerprint density at radius 2 is 1.96 bits per heavy atom. The van der Waals surface area contributed by atoms with Crippen LogP contribution >= 0.6 is 0 Å². The second-order valence-electron chi connectivity index (χ2n) is 6.29. The molecule has 24 heavy (non-hydrogen) atoms. The zero-order valence-electron chi connectivity index (χ0n) is 14.8. The van der Waals surface area contributed by atoms with Gasteiger partial charge in [-0.05, 0) is 43.4 Å². The Morgan fingerprint density at radius 1 is 1.17 bits per heavy atom. The highest BCUT2D eigenvalue weighted by molar-refractivity contribution is 5.72. The van der Waals surface area contributed by atoms with Gasteiger partial charge in [-0.25, -0.2) is 0 Å². The van der Waals surface area contributed by atoms with Crippen molar-refractivity contribution < 1.29 is 19.0 Å². The molecule has 134 valence electrons. The quantitative estimate of drug-likeness (QED) is 0.555. The monoisotopic (exact) mass is 335 g/mol. The predicted molar refractivity (Wildman–Crippen MR) is 93.0 cm³/mol. The molecule has 0 bridgehead atoms. The van der Waals surface area contributed by atoms with Crippen molar-refractivity contribution in [3.8, 4) is 5.75 Å². The molecule has 1 aromatic rings. The van der Waals surface area contributed by atoms with Crippen LogP contribution < -0.4 is 10.1 Å². The summed E-state index contributed by atoms with van der Waals surface area (Å²) >= 11 is 0. The highest BCUT2D eigenvalue weighted by Gasteiger charge is 2.26. The number of carbonyl (C=O) groups is 1. The molecular formula is C19H29NO4. The molecule has 0 saturated heterocycles. The third kappa shape index (κ3) is 6.13. The Hall–Kier alpha value is -1.59. The fourth-order valence-electron chi connectivity index (χ4n) is 3.10. The Bertz CT molecular complexity index is 498. The molecule has 1 aromatic carbocycles. The maximum atomic E-state index is 11.6. The van der Waals surface area contributed by atoms with Crippen LogP contribution in [0.25, 0.3) is 0 Å². The molecule has 0 radical (unpaired) electrons. The Labute approximate surface area is 144 Å². The predicted octanol–water partition coefficient (Wildman–Crippen LogP) is 2.92. The summed E-state index contributed by atoms with van der Waals surface area (Å²) in [5.41, 5.74) is 1.22. The number of carbonyl (C=O) groups excluding carboxylic acids is 1. The topological polar surface area (TPSA) is 56.8 Å². The molecule has 0 aliphatic heterocycles. The van der Waals surface area contributed by atoms with Gasteiger partial charge in [0.05, 0.1) is 19.6 Å². The molecule has 5 heteroatoms. The standard InChI is InChI=1S/C19H29NO4/c1-22-11-4-12-24-18-6-3-5-15(13-18)14-20-17-9-7-16(8-10-17)19(21)23-2/h3,5-6,13,16-17,20H,4,7-12,14H2,1-2H3. The first-order valence-electron chi connectivity index (χ1n) is 8.75. The van der Waals surface area contributed by atoms with Gasteiger partial charge in [0.2, 0.25) is 0 Å². The molecule has 0 aromatic heterocycles. The van der Waals surface area contributed by atoms with Crippen molar-refractivity contribution >= 4 is 5.97 Å². The number of hydrogen-bond donors (Lipinski definition) is 1. The van der Waals surface area contributed by atoms with Crippen molar-refractivity contribution in [2.75, 3.05) is 27.4 Å². The van der Waals surface area contributed by atoms with Crippen LogP contribution in [-0.4, -0.2) is 39.4 Å². The third-order valence-electron chi connectivity index (χ3n) is 4.52. The van der Waals surface area contributed by atoms with Gasteiger partial charge < -0.3 is 19.5 Å². The van der Waals surface area contributed by atoms with Crippen molar-refractivity contribution in [1.29, 1.82) is 0 Å². The van der Waals surface area contributed by atoms with E-state index in [1.165, 1.54) is 12.7 Å². The molecule has 0 amide bonds. The van der Waals surface area contributed by atoms with Crippen LogP contribution in [0.1, 0.15) is 37.7 Å². The summed E-state index contributed by atoms with van der Waals surface area (Å²) in [7, 11) is 3.17. The number of rotatable bonds is 9. The van der Waals surface area contributed by atoms with Crippen molar-refractivity contribution in [2.45, 2.75) is 44.7 Å². The first-order chi connectivity index (χ1) is 11.7. The molecular weight excluding hydrogens is 306 g/mol. The van der Waals surface area contributed by atoms with E-state index >= 15 is 0 Å². The van der Waals surface area contributed by atoms with Gasteiger partial charge in [0.15, 0.2) is 0 Å². The molecule has 0 heterocycles. The Balaban J connectivity index is 1.71. The van der Waals surface area contributed by atoms with Gasteiger partial charge in [-0.2, -0.15) is 0 Å². The number of methoxy groups -OCH3 is 2. The van der Waals surface area contributed by atoms with Crippen LogP contribution in [0, 0.1) is 5.92 Å². The number of nitrogens with one attached hydrogen (secondary N) is 1. The molecule has 0 unspecified atom stereocenters. The second-order valence-corrected chi connectivity index (χ2v) is 6.29. The maximum Gasteiger partial charge on any atom is 0.308 e. The minimum atomic E-state index is -0.0632. The lowest BCUT2D eigenvalue weighted by Crippen LogP contribution is -2.34. The molecule has 1 aliphatic carbocycles. The second kappa shape index (κ2) is 10.3. The highest BCUT2D eigenvalue weighted by Crippen LogP contribution is 2.25. The molecule has 1 N–H and O–H groups in total. The van der Waals surface area contributed by atoms with E-state index in [4.69, 9.17) is 14.2 Å². The molecule has 1 aliphatic rings. The number of esters is 1. The van der Waals surface area contributed by atoms with Crippen LogP contribution in [0.2, 0.25) is 0 Å². The van der Waals surface area contributed by atoms with Crippen LogP contribution in [0.3, 0.4) is 0 Å². The van der Waals surface area contributed by atoms with E-state index in [9.17, 15) is 4.79 Å². The van der Waals surface area contributed by atoms with Crippen LogP contribution in [0.4, 0.5) is 0 Å². The van der Waals surface area contributed by atoms with Crippen LogP contribution in [-0.2, 0) is 20.8 Å². The molecule has 2 rings (SSSR count). The summed E-state index contributed by atoms with van der Waals surface area (Å²) < 4.78 is 15.6. The van der Waals surface area contributed by atoms with Gasteiger partial charge >= 0.3 is 5.97 Å². The number of hydrogen-bond acceptors (Lipinski definition) is 5. The number of ether oxygens (including phenoxy) is 3. The average Bonchev–Trinajstić information content (AvgIpc) is 2.64. The van der Waals surface area contributed by atoms with Crippen molar-refractivity contribution in [2.24, 2.45) is 5.92 Å². The Morgan fingerprint density at radius 3 is 2.67 bits per heavy atom. The fourth-order valence-corrected chi connectivity index (χ4v) is 3.10. The van der Waals surface area contributed by atoms with E-state index in [1.807, 2.05) is 12.1 Å². The minimum absolute atomic E-state index is 0.0632. The van der Waals surface area contributed by atoms with Crippen molar-refractivity contribution in [1.82, 2.24) is 5.32 Å². The lowest BCUT2D eigenvalue weighted by molar-refractivity contribution is -0.146. The first-order valence-corrected chi connectivity index (χ1v) is 8.75. The van der Waals surface area contributed by atoms with E-state index in [0.717, 1.165) is 51.0 Å². The average molecular weight is 335 g/mol. The van der Waals surface area contributed by atoms with E-state index in [-0.39, 0.29) is 11.9 Å². The van der Waals surface area contributed by atoms with Gasteiger partial charge in [0.1, 0.15) is 5.75 Å². The smallest absolute Gasteiger partial charge is 0.308 e. The van der Waals surface area contributed by atoms with Gasteiger partial charge in [0, 0.05) is 32.7 Å². The summed E-state index contributed by atoms with van der Waals surface area (Å²) in [6.07, 6.45) is 4.75. The van der Waals surface area contributed by atoms with E-state index in [2.05, 4.69) is 17.4 Å². The summed E-state index contributed by atoms with van der Waals surface area (Å²) in [6.45, 7) is 2.21. The SMILES string of the molecule is COCCCOc1cccc(CNC2CCC(C(=O)OC)CC2)c1. The van der Waals surface area contributed by atoms with Gasteiger partial charge in [-0.3, -0.25) is 4.79 Å². The zero-order chi connectivity index (χ0) is 17.2. The fraction of sp³-hybridized carbons (Fsp3) is 0.632. The summed E-state index contributed by atoms with van der Waals surface area (Å²) in [5.74, 6) is 0.920. The first kappa shape index (κ1) is 18.7. The highest BCUT2D eigenvalue weighted by atomic mass is 16.5. The van der Waals surface area contributed by atoms with Crippen molar-refractivity contribution in [3.63, 3.8) is 0 Å². The number of benzene rings is 1.